The van der Waals surface area contributed by atoms with Crippen LogP contribution < -0.4 is 0 Å². The van der Waals surface area contributed by atoms with Gasteiger partial charge in [-0.15, -0.1) is 0 Å². The lowest BCUT2D eigenvalue weighted by Crippen LogP contribution is -2.37. The fourth-order valence-corrected chi connectivity index (χ4v) is 8.12. The Labute approximate surface area is 104 Å². The van der Waals surface area contributed by atoms with Crippen LogP contribution in [0.4, 0.5) is 0 Å². The van der Waals surface area contributed by atoms with E-state index in [4.69, 9.17) is 8.85 Å². The van der Waals surface area contributed by atoms with Crippen LogP contribution in [0.2, 0.25) is 38.3 Å². The lowest BCUT2D eigenvalue weighted by Gasteiger charge is -2.28. The monoisotopic (exact) mass is 262 g/mol. The zero-order chi connectivity index (χ0) is 12.7. The molecular formula is C12H30O2Si2. The molecule has 0 unspecified atom stereocenters. The molecular weight excluding hydrogens is 232 g/mol. The lowest BCUT2D eigenvalue weighted by molar-refractivity contribution is 0.299. The maximum Gasteiger partial charge on any atom is 0.186 e. The van der Waals surface area contributed by atoms with Crippen LogP contribution >= 0.6 is 0 Å². The van der Waals surface area contributed by atoms with Crippen molar-refractivity contribution in [2.75, 3.05) is 13.2 Å². The molecule has 0 aromatic rings. The number of hydrogen-bond donors (Lipinski definition) is 0. The molecule has 4 heteroatoms. The van der Waals surface area contributed by atoms with E-state index in [2.05, 4.69) is 40.0 Å². The van der Waals surface area contributed by atoms with Crippen molar-refractivity contribution in [1.29, 1.82) is 0 Å². The second kappa shape index (κ2) is 7.64. The van der Waals surface area contributed by atoms with Crippen LogP contribution in [0.5, 0.6) is 0 Å². The van der Waals surface area contributed by atoms with Crippen LogP contribution in [0.1, 0.15) is 26.7 Å². The largest absolute Gasteiger partial charge is 0.417 e. The Kier molecular flexibility index (Phi) is 7.80. The van der Waals surface area contributed by atoms with Crippen LogP contribution in [-0.4, -0.2) is 29.8 Å². The predicted molar refractivity (Wildman–Crippen MR) is 77.1 cm³/mol. The maximum atomic E-state index is 5.98. The molecule has 0 aliphatic carbocycles. The molecule has 0 radical (unpaired) electrons. The molecule has 0 saturated heterocycles. The van der Waals surface area contributed by atoms with Crippen molar-refractivity contribution in [3.05, 3.63) is 0 Å². The Morgan fingerprint density at radius 1 is 0.688 bits per heavy atom. The molecule has 0 aliphatic rings. The van der Waals surface area contributed by atoms with E-state index >= 15 is 0 Å². The molecule has 0 aromatic carbocycles. The molecule has 0 aromatic heterocycles. The van der Waals surface area contributed by atoms with Crippen molar-refractivity contribution in [1.82, 2.24) is 0 Å². The lowest BCUT2D eigenvalue weighted by atomic mass is 10.5. The first-order valence-electron chi connectivity index (χ1n) is 6.61. The summed E-state index contributed by atoms with van der Waals surface area (Å²) in [6.07, 6.45) is 2.26. The van der Waals surface area contributed by atoms with E-state index in [1.807, 2.05) is 0 Å². The van der Waals surface area contributed by atoms with Gasteiger partial charge >= 0.3 is 0 Å². The van der Waals surface area contributed by atoms with Gasteiger partial charge in [0.05, 0.1) is 0 Å². The Morgan fingerprint density at radius 3 is 1.25 bits per heavy atom. The predicted octanol–water partition coefficient (Wildman–Crippen LogP) is 4.25. The summed E-state index contributed by atoms with van der Waals surface area (Å²) >= 11 is 0. The zero-order valence-corrected chi connectivity index (χ0v) is 14.1. The highest BCUT2D eigenvalue weighted by atomic mass is 28.4. The van der Waals surface area contributed by atoms with Crippen LogP contribution in [0.15, 0.2) is 0 Å². The Bertz CT molecular complexity index is 162. The first-order chi connectivity index (χ1) is 7.33. The molecule has 0 aliphatic heterocycles. The summed E-state index contributed by atoms with van der Waals surface area (Å²) in [5.74, 6) is 0. The van der Waals surface area contributed by atoms with E-state index in [1.165, 1.54) is 12.1 Å². The van der Waals surface area contributed by atoms with Gasteiger partial charge in [0.15, 0.2) is 16.6 Å². The van der Waals surface area contributed by atoms with Gasteiger partial charge in [-0.05, 0) is 51.1 Å². The van der Waals surface area contributed by atoms with E-state index in [0.717, 1.165) is 26.1 Å². The van der Waals surface area contributed by atoms with E-state index in [9.17, 15) is 0 Å². The standard InChI is InChI=1S/C12H30O2Si2/c1-7-9-13-15(3,4)11-12-16(5,6)14-10-8-2/h7-12H2,1-6H3. The van der Waals surface area contributed by atoms with Crippen LogP contribution in [0.3, 0.4) is 0 Å². The third-order valence-electron chi connectivity index (χ3n) is 2.72. The van der Waals surface area contributed by atoms with E-state index in [1.54, 1.807) is 0 Å². The summed E-state index contributed by atoms with van der Waals surface area (Å²) in [6, 6.07) is 2.49. The van der Waals surface area contributed by atoms with Gasteiger partial charge in [-0.2, -0.15) is 0 Å². The normalized spacial score (nSPS) is 13.1. The average molecular weight is 263 g/mol. The molecule has 0 amide bonds. The average Bonchev–Trinajstić information content (AvgIpc) is 2.22. The van der Waals surface area contributed by atoms with E-state index in [0.29, 0.717) is 0 Å². The van der Waals surface area contributed by atoms with Crippen molar-refractivity contribution in [3.63, 3.8) is 0 Å². The highest BCUT2D eigenvalue weighted by Gasteiger charge is 2.29. The third kappa shape index (κ3) is 8.50. The molecule has 0 fully saturated rings. The van der Waals surface area contributed by atoms with E-state index < -0.39 is 16.6 Å². The second-order valence-corrected chi connectivity index (χ2v) is 14.3. The van der Waals surface area contributed by atoms with Crippen LogP contribution in [0, 0.1) is 0 Å². The quantitative estimate of drug-likeness (QED) is 0.578. The summed E-state index contributed by atoms with van der Waals surface area (Å²) in [4.78, 5) is 0. The molecule has 98 valence electrons. The maximum absolute atomic E-state index is 5.98. The molecule has 0 N–H and O–H groups in total. The van der Waals surface area contributed by atoms with Gasteiger partial charge in [0.1, 0.15) is 0 Å². The SMILES string of the molecule is CCCO[Si](C)(C)CC[Si](C)(C)OCCC. The molecule has 2 nitrogen and oxygen atoms in total. The summed E-state index contributed by atoms with van der Waals surface area (Å²) in [6.45, 7) is 15.5. The van der Waals surface area contributed by atoms with Gasteiger partial charge in [-0.25, -0.2) is 0 Å². The van der Waals surface area contributed by atoms with E-state index in [-0.39, 0.29) is 0 Å². The summed E-state index contributed by atoms with van der Waals surface area (Å²) in [7, 11) is -2.84. The molecule has 0 rings (SSSR count). The van der Waals surface area contributed by atoms with Gasteiger partial charge in [0.2, 0.25) is 0 Å². The fraction of sp³-hybridized carbons (Fsp3) is 1.00. The van der Waals surface area contributed by atoms with Gasteiger partial charge < -0.3 is 8.85 Å². The van der Waals surface area contributed by atoms with Gasteiger partial charge in [-0.1, -0.05) is 13.8 Å². The molecule has 0 bridgehead atoms. The second-order valence-electron chi connectivity index (χ2n) is 5.72. The molecule has 0 atom stereocenters. The zero-order valence-electron chi connectivity index (χ0n) is 12.1. The van der Waals surface area contributed by atoms with Gasteiger partial charge in [0.25, 0.3) is 0 Å². The van der Waals surface area contributed by atoms with Crippen LogP contribution in [-0.2, 0) is 8.85 Å². The Hall–Kier alpha value is 0.354. The summed E-state index contributed by atoms with van der Waals surface area (Å²) in [5.41, 5.74) is 0. The van der Waals surface area contributed by atoms with Crippen molar-refractivity contribution < 1.29 is 8.85 Å². The molecule has 0 heterocycles. The summed E-state index contributed by atoms with van der Waals surface area (Å²) < 4.78 is 12.0. The van der Waals surface area contributed by atoms with Gasteiger partial charge in [0, 0.05) is 13.2 Å². The van der Waals surface area contributed by atoms with Gasteiger partial charge in [-0.3, -0.25) is 0 Å². The van der Waals surface area contributed by atoms with Crippen molar-refractivity contribution in [3.8, 4) is 0 Å². The topological polar surface area (TPSA) is 18.5 Å². The van der Waals surface area contributed by atoms with Crippen molar-refractivity contribution in [2.24, 2.45) is 0 Å². The third-order valence-corrected chi connectivity index (χ3v) is 8.10. The summed E-state index contributed by atoms with van der Waals surface area (Å²) in [5, 5.41) is 0. The Morgan fingerprint density at radius 2 is 1.00 bits per heavy atom. The first kappa shape index (κ1) is 16.4. The molecule has 0 saturated carbocycles. The number of rotatable bonds is 9. The smallest absolute Gasteiger partial charge is 0.186 e. The van der Waals surface area contributed by atoms with Crippen LogP contribution in [0.25, 0.3) is 0 Å². The Balaban J connectivity index is 3.91. The number of hydrogen-bond acceptors (Lipinski definition) is 2. The fourth-order valence-electron chi connectivity index (χ4n) is 1.50. The highest BCUT2D eigenvalue weighted by molar-refractivity contribution is 6.76. The molecule has 16 heavy (non-hydrogen) atoms. The minimum absolute atomic E-state index is 0.928. The minimum atomic E-state index is -1.42. The first-order valence-corrected chi connectivity index (χ1v) is 12.8. The highest BCUT2D eigenvalue weighted by Crippen LogP contribution is 2.22. The molecule has 0 spiro atoms. The van der Waals surface area contributed by atoms with Crippen molar-refractivity contribution in [2.45, 2.75) is 65.0 Å². The van der Waals surface area contributed by atoms with Crippen molar-refractivity contribution >= 4 is 16.6 Å². The minimum Gasteiger partial charge on any atom is -0.417 e.